The zero-order valence-electron chi connectivity index (χ0n) is 16.9. The van der Waals surface area contributed by atoms with Gasteiger partial charge in [-0.15, -0.1) is 0 Å². The Hall–Kier alpha value is -3.88. The van der Waals surface area contributed by atoms with Gasteiger partial charge in [-0.05, 0) is 37.3 Å². The molecule has 0 atom stereocenters. The topological polar surface area (TPSA) is 116 Å². The van der Waals surface area contributed by atoms with Crippen LogP contribution in [-0.4, -0.2) is 49.3 Å². The van der Waals surface area contributed by atoms with E-state index in [1.54, 1.807) is 30.3 Å². The van der Waals surface area contributed by atoms with Crippen molar-refractivity contribution in [3.05, 3.63) is 59.5 Å². The van der Waals surface area contributed by atoms with Crippen LogP contribution < -0.4 is 20.1 Å². The second-order valence-corrected chi connectivity index (χ2v) is 6.37. The molecule has 0 aliphatic rings. The van der Waals surface area contributed by atoms with Crippen LogP contribution >= 0.6 is 0 Å². The molecular weight excluding hydrogens is 388 g/mol. The molecule has 0 bridgehead atoms. The van der Waals surface area contributed by atoms with Crippen LogP contribution in [-0.2, 0) is 0 Å². The van der Waals surface area contributed by atoms with Gasteiger partial charge >= 0.3 is 11.8 Å². The van der Waals surface area contributed by atoms with Gasteiger partial charge in [-0.1, -0.05) is 22.9 Å². The molecule has 2 amide bonds. The first-order valence-electron chi connectivity index (χ1n) is 9.21. The first kappa shape index (κ1) is 20.8. The highest BCUT2D eigenvalue weighted by Crippen LogP contribution is 2.31. The zero-order chi connectivity index (χ0) is 21.5. The second-order valence-electron chi connectivity index (χ2n) is 6.37. The van der Waals surface area contributed by atoms with Crippen LogP contribution in [0.4, 0.5) is 0 Å². The highest BCUT2D eigenvalue weighted by molar-refractivity contribution is 5.94. The average Bonchev–Trinajstić information content (AvgIpc) is 3.27. The maximum absolute atomic E-state index is 12.2. The highest BCUT2D eigenvalue weighted by Gasteiger charge is 2.17. The number of carbonyl (C=O) groups excluding carboxylic acids is 2. The van der Waals surface area contributed by atoms with Crippen LogP contribution in [0.25, 0.3) is 11.4 Å². The maximum Gasteiger partial charge on any atom is 0.316 e. The van der Waals surface area contributed by atoms with Gasteiger partial charge in [0.05, 0.1) is 14.2 Å². The molecule has 1 aromatic heterocycles. The number of ether oxygens (including phenoxy) is 2. The molecule has 0 saturated carbocycles. The van der Waals surface area contributed by atoms with Crippen LogP contribution in [0.3, 0.4) is 0 Å². The number of hydrogen-bond donors (Lipinski definition) is 2. The fourth-order valence-corrected chi connectivity index (χ4v) is 2.64. The fourth-order valence-electron chi connectivity index (χ4n) is 2.64. The molecule has 1 heterocycles. The number of aromatic nitrogens is 2. The monoisotopic (exact) mass is 410 g/mol. The summed E-state index contributed by atoms with van der Waals surface area (Å²) in [5.41, 5.74) is 2.25. The fraction of sp³-hybridized carbons (Fsp3) is 0.238. The molecule has 2 N–H and O–H groups in total. The van der Waals surface area contributed by atoms with Crippen LogP contribution in [0.15, 0.2) is 47.0 Å². The lowest BCUT2D eigenvalue weighted by Crippen LogP contribution is -2.34. The summed E-state index contributed by atoms with van der Waals surface area (Å²) in [7, 11) is 3.06. The van der Waals surface area contributed by atoms with Gasteiger partial charge in [-0.2, -0.15) is 4.98 Å². The molecule has 0 aliphatic carbocycles. The third-order valence-electron chi connectivity index (χ3n) is 4.27. The van der Waals surface area contributed by atoms with Crippen LogP contribution in [0.1, 0.15) is 26.6 Å². The Balaban J connectivity index is 1.53. The lowest BCUT2D eigenvalue weighted by atomic mass is 10.1. The molecular formula is C21H22N4O5. The molecule has 156 valence electrons. The van der Waals surface area contributed by atoms with Gasteiger partial charge in [0.25, 0.3) is 5.91 Å². The van der Waals surface area contributed by atoms with E-state index in [2.05, 4.69) is 20.8 Å². The minimum Gasteiger partial charge on any atom is -0.493 e. The number of benzene rings is 2. The van der Waals surface area contributed by atoms with Crippen molar-refractivity contribution in [2.24, 2.45) is 0 Å². The number of amides is 2. The van der Waals surface area contributed by atoms with Crippen LogP contribution in [0.2, 0.25) is 0 Å². The van der Waals surface area contributed by atoms with Gasteiger partial charge in [0.2, 0.25) is 5.82 Å². The van der Waals surface area contributed by atoms with Crippen molar-refractivity contribution in [2.75, 3.05) is 27.3 Å². The summed E-state index contributed by atoms with van der Waals surface area (Å²) in [4.78, 5) is 28.4. The summed E-state index contributed by atoms with van der Waals surface area (Å²) < 4.78 is 15.5. The van der Waals surface area contributed by atoms with E-state index in [4.69, 9.17) is 14.0 Å². The number of nitrogens with zero attached hydrogens (tertiary/aromatic N) is 2. The summed E-state index contributed by atoms with van der Waals surface area (Å²) in [6.07, 6.45) is 0. The minimum atomic E-state index is -0.529. The van der Waals surface area contributed by atoms with Crippen LogP contribution in [0, 0.1) is 6.92 Å². The molecule has 30 heavy (non-hydrogen) atoms. The summed E-state index contributed by atoms with van der Waals surface area (Å²) in [6, 6.07) is 12.3. The minimum absolute atomic E-state index is 0.176. The predicted octanol–water partition coefficient (Wildman–Crippen LogP) is 2.22. The number of hydrogen-bond acceptors (Lipinski definition) is 7. The van der Waals surface area contributed by atoms with E-state index in [1.807, 2.05) is 19.1 Å². The lowest BCUT2D eigenvalue weighted by molar-refractivity contribution is 0.0898. The Kier molecular flexibility index (Phi) is 6.63. The van der Waals surface area contributed by atoms with Crippen molar-refractivity contribution in [3.63, 3.8) is 0 Å². The predicted molar refractivity (Wildman–Crippen MR) is 109 cm³/mol. The third-order valence-corrected chi connectivity index (χ3v) is 4.27. The molecule has 0 fully saturated rings. The molecule has 0 unspecified atom stereocenters. The Morgan fingerprint density at radius 2 is 1.60 bits per heavy atom. The molecule has 0 spiro atoms. The number of carbonyl (C=O) groups is 2. The van der Waals surface area contributed by atoms with E-state index >= 15 is 0 Å². The standard InChI is InChI=1S/C21H22N4O5/c1-13-4-6-14(7-5-13)19(26)22-10-11-23-20(27)21-24-18(25-30-21)15-8-9-16(28-2)17(12-15)29-3/h4-9,12H,10-11H2,1-3H3,(H,22,26)(H,23,27). The highest BCUT2D eigenvalue weighted by atomic mass is 16.5. The number of rotatable bonds is 8. The molecule has 0 saturated heterocycles. The summed E-state index contributed by atoms with van der Waals surface area (Å²) >= 11 is 0. The third kappa shape index (κ3) is 4.93. The van der Waals surface area contributed by atoms with Crippen molar-refractivity contribution in [1.29, 1.82) is 0 Å². The van der Waals surface area contributed by atoms with Gasteiger partial charge in [-0.3, -0.25) is 9.59 Å². The summed E-state index contributed by atoms with van der Waals surface area (Å²) in [6.45, 7) is 2.42. The molecule has 0 aliphatic heterocycles. The van der Waals surface area contributed by atoms with Crippen molar-refractivity contribution in [3.8, 4) is 22.9 Å². The Morgan fingerprint density at radius 3 is 2.27 bits per heavy atom. The van der Waals surface area contributed by atoms with Crippen molar-refractivity contribution < 1.29 is 23.6 Å². The van der Waals surface area contributed by atoms with Gasteiger partial charge < -0.3 is 24.6 Å². The molecule has 2 aromatic carbocycles. The quantitative estimate of drug-likeness (QED) is 0.547. The van der Waals surface area contributed by atoms with Gasteiger partial charge in [0, 0.05) is 24.2 Å². The number of aryl methyl sites for hydroxylation is 1. The SMILES string of the molecule is COc1ccc(-c2noc(C(=O)NCCNC(=O)c3ccc(C)cc3)n2)cc1OC. The summed E-state index contributed by atoms with van der Waals surface area (Å²) in [5, 5.41) is 9.19. The number of methoxy groups -OCH3 is 2. The largest absolute Gasteiger partial charge is 0.493 e. The molecule has 0 radical (unpaired) electrons. The van der Waals surface area contributed by atoms with Gasteiger partial charge in [-0.25, -0.2) is 0 Å². The first-order chi connectivity index (χ1) is 14.5. The van der Waals surface area contributed by atoms with Crippen molar-refractivity contribution >= 4 is 11.8 Å². The van der Waals surface area contributed by atoms with E-state index in [1.165, 1.54) is 14.2 Å². The van der Waals surface area contributed by atoms with E-state index < -0.39 is 5.91 Å². The maximum atomic E-state index is 12.2. The second kappa shape index (κ2) is 9.55. The van der Waals surface area contributed by atoms with E-state index in [-0.39, 0.29) is 30.7 Å². The molecule has 3 rings (SSSR count). The molecule has 9 nitrogen and oxygen atoms in total. The van der Waals surface area contributed by atoms with Crippen molar-refractivity contribution in [1.82, 2.24) is 20.8 Å². The Labute approximate surface area is 173 Å². The summed E-state index contributed by atoms with van der Waals surface area (Å²) in [5.74, 6) is 0.403. The number of nitrogens with one attached hydrogen (secondary N) is 2. The van der Waals surface area contributed by atoms with Gasteiger partial charge in [0.1, 0.15) is 0 Å². The Morgan fingerprint density at radius 1 is 0.933 bits per heavy atom. The lowest BCUT2D eigenvalue weighted by Gasteiger charge is -2.07. The first-order valence-corrected chi connectivity index (χ1v) is 9.21. The smallest absolute Gasteiger partial charge is 0.316 e. The molecule has 9 heteroatoms. The van der Waals surface area contributed by atoms with Gasteiger partial charge in [0.15, 0.2) is 11.5 Å². The normalized spacial score (nSPS) is 10.4. The average molecular weight is 410 g/mol. The molecule has 3 aromatic rings. The van der Waals surface area contributed by atoms with Crippen LogP contribution in [0.5, 0.6) is 11.5 Å². The Bertz CT molecular complexity index is 1030. The zero-order valence-corrected chi connectivity index (χ0v) is 16.9. The van der Waals surface area contributed by atoms with E-state index in [9.17, 15) is 9.59 Å². The van der Waals surface area contributed by atoms with E-state index in [0.29, 0.717) is 22.6 Å². The van der Waals surface area contributed by atoms with Crippen molar-refractivity contribution in [2.45, 2.75) is 6.92 Å². The van der Waals surface area contributed by atoms with E-state index in [0.717, 1.165) is 5.56 Å².